The second kappa shape index (κ2) is 7.43. The smallest absolute Gasteiger partial charge is 0.276 e. The lowest BCUT2D eigenvalue weighted by atomic mass is 9.95. The van der Waals surface area contributed by atoms with Crippen LogP contribution in [0.2, 0.25) is 0 Å². The van der Waals surface area contributed by atoms with Crippen LogP contribution in [0.25, 0.3) is 21.9 Å². The molecule has 2 heterocycles. The molecule has 0 unspecified atom stereocenters. The highest BCUT2D eigenvalue weighted by Gasteiger charge is 2.24. The highest BCUT2D eigenvalue weighted by molar-refractivity contribution is 5.98. The molecule has 0 atom stereocenters. The Balaban J connectivity index is 1.47. The van der Waals surface area contributed by atoms with E-state index in [0.29, 0.717) is 11.8 Å². The van der Waals surface area contributed by atoms with Crippen LogP contribution in [0.15, 0.2) is 77.7 Å². The number of hydrogen-bond acceptors (Lipinski definition) is 3. The number of benzene rings is 3. The number of amides is 1. The second-order valence-electron chi connectivity index (χ2n) is 8.05. The Kier molecular flexibility index (Phi) is 4.59. The summed E-state index contributed by atoms with van der Waals surface area (Å²) >= 11 is 0. The van der Waals surface area contributed by atoms with Gasteiger partial charge in [-0.1, -0.05) is 54.6 Å². The molecule has 0 bridgehead atoms. The highest BCUT2D eigenvalue weighted by atomic mass is 16.2. The molecule has 0 aliphatic carbocycles. The van der Waals surface area contributed by atoms with Crippen molar-refractivity contribution < 1.29 is 4.79 Å². The summed E-state index contributed by atoms with van der Waals surface area (Å²) in [4.78, 5) is 27.2. The number of nitrogens with zero attached hydrogens (tertiary/aromatic N) is 2. The first-order valence-electron chi connectivity index (χ1n) is 10.4. The monoisotopic (exact) mass is 409 g/mol. The molecule has 4 aromatic rings. The van der Waals surface area contributed by atoms with Gasteiger partial charge >= 0.3 is 0 Å². The molecule has 5 heteroatoms. The average molecular weight is 409 g/mol. The molecule has 1 aliphatic rings. The summed E-state index contributed by atoms with van der Waals surface area (Å²) in [5.41, 5.74) is 5.95. The summed E-state index contributed by atoms with van der Waals surface area (Å²) in [6.45, 7) is 2.76. The predicted octanol–water partition coefficient (Wildman–Crippen LogP) is 3.82. The zero-order chi connectivity index (χ0) is 21.5. The molecule has 0 spiro atoms. The van der Waals surface area contributed by atoms with Crippen LogP contribution < -0.4 is 16.3 Å². The molecule has 5 rings (SSSR count). The van der Waals surface area contributed by atoms with E-state index in [4.69, 9.17) is 5.84 Å². The minimum Gasteiger partial charge on any atom is -0.336 e. The molecular weight excluding hydrogens is 386 g/mol. The van der Waals surface area contributed by atoms with Gasteiger partial charge < -0.3 is 10.7 Å². The van der Waals surface area contributed by atoms with Crippen molar-refractivity contribution in [2.45, 2.75) is 19.8 Å². The third kappa shape index (κ3) is 3.28. The summed E-state index contributed by atoms with van der Waals surface area (Å²) in [5.74, 6) is 6.04. The van der Waals surface area contributed by atoms with E-state index in [-0.39, 0.29) is 11.5 Å². The maximum Gasteiger partial charge on any atom is 0.276 e. The van der Waals surface area contributed by atoms with Gasteiger partial charge in [-0.3, -0.25) is 9.59 Å². The number of rotatable bonds is 3. The molecule has 31 heavy (non-hydrogen) atoms. The van der Waals surface area contributed by atoms with Crippen molar-refractivity contribution in [1.29, 1.82) is 0 Å². The Hall–Kier alpha value is -3.86. The first-order chi connectivity index (χ1) is 15.0. The molecule has 1 amide bonds. The van der Waals surface area contributed by atoms with Gasteiger partial charge in [-0.05, 0) is 53.1 Å². The topological polar surface area (TPSA) is 68.3 Å². The number of carbonyl (C=O) groups excluding carboxylic acids is 1. The lowest BCUT2D eigenvalue weighted by molar-refractivity contribution is -0.117. The van der Waals surface area contributed by atoms with Gasteiger partial charge in [0.2, 0.25) is 5.91 Å². The molecule has 0 saturated carbocycles. The van der Waals surface area contributed by atoms with Crippen molar-refractivity contribution in [3.05, 3.63) is 100.0 Å². The fourth-order valence-corrected chi connectivity index (χ4v) is 4.53. The molecule has 3 aromatic carbocycles. The third-order valence-corrected chi connectivity index (χ3v) is 6.07. The number of nitrogens with two attached hydrogens (primary N) is 1. The molecule has 0 fully saturated rings. The van der Waals surface area contributed by atoms with E-state index in [0.717, 1.165) is 51.0 Å². The molecule has 5 nitrogen and oxygen atoms in total. The number of para-hydroxylation sites is 1. The van der Waals surface area contributed by atoms with Crippen molar-refractivity contribution >= 4 is 22.4 Å². The standard InChI is InChI=1S/C26H23N3O2/c1-17-14-18(15-25(30)28-13-12-19-6-2-5-9-24(19)28)10-11-20(17)23-16-29(27)26(31)22-8-4-3-7-21(22)23/h2-11,14,16H,12-13,15,27H2,1H3. The van der Waals surface area contributed by atoms with Crippen molar-refractivity contribution in [3.63, 3.8) is 0 Å². The molecular formula is C26H23N3O2. The number of aromatic nitrogens is 1. The SMILES string of the molecule is Cc1cc(CC(=O)N2CCc3ccccc32)ccc1-c1cn(N)c(=O)c2ccccc12. The van der Waals surface area contributed by atoms with E-state index in [1.165, 1.54) is 5.56 Å². The van der Waals surface area contributed by atoms with Crippen molar-refractivity contribution in [3.8, 4) is 11.1 Å². The van der Waals surface area contributed by atoms with Crippen LogP contribution in [0, 0.1) is 6.92 Å². The van der Waals surface area contributed by atoms with E-state index < -0.39 is 0 Å². The predicted molar refractivity (Wildman–Crippen MR) is 125 cm³/mol. The van der Waals surface area contributed by atoms with Crippen molar-refractivity contribution in [1.82, 2.24) is 4.68 Å². The number of carbonyl (C=O) groups is 1. The van der Waals surface area contributed by atoms with Crippen LogP contribution in [-0.4, -0.2) is 17.1 Å². The Labute approximate surface area is 180 Å². The van der Waals surface area contributed by atoms with Crippen LogP contribution >= 0.6 is 0 Å². The van der Waals surface area contributed by atoms with E-state index >= 15 is 0 Å². The number of fused-ring (bicyclic) bond motifs is 2. The summed E-state index contributed by atoms with van der Waals surface area (Å²) in [7, 11) is 0. The minimum atomic E-state index is -0.217. The van der Waals surface area contributed by atoms with Crippen LogP contribution in [0.4, 0.5) is 5.69 Å². The lowest BCUT2D eigenvalue weighted by Gasteiger charge is -2.18. The maximum atomic E-state index is 13.0. The zero-order valence-electron chi connectivity index (χ0n) is 17.3. The van der Waals surface area contributed by atoms with Crippen LogP contribution in [0.1, 0.15) is 16.7 Å². The fraction of sp³-hybridized carbons (Fsp3) is 0.154. The minimum absolute atomic E-state index is 0.109. The molecule has 154 valence electrons. The van der Waals surface area contributed by atoms with Gasteiger partial charge in [0, 0.05) is 29.4 Å². The largest absolute Gasteiger partial charge is 0.336 e. The van der Waals surface area contributed by atoms with Crippen LogP contribution in [0.3, 0.4) is 0 Å². The summed E-state index contributed by atoms with van der Waals surface area (Å²) in [6, 6.07) is 21.6. The van der Waals surface area contributed by atoms with Gasteiger partial charge in [-0.25, -0.2) is 4.68 Å². The summed E-state index contributed by atoms with van der Waals surface area (Å²) in [5, 5.41) is 1.46. The Bertz CT molecular complexity index is 1390. The third-order valence-electron chi connectivity index (χ3n) is 6.07. The zero-order valence-corrected chi connectivity index (χ0v) is 17.3. The lowest BCUT2D eigenvalue weighted by Crippen LogP contribution is -2.30. The Morgan fingerprint density at radius 3 is 2.52 bits per heavy atom. The Morgan fingerprint density at radius 2 is 1.71 bits per heavy atom. The summed E-state index contributed by atoms with van der Waals surface area (Å²) in [6.07, 6.45) is 2.94. The fourth-order valence-electron chi connectivity index (χ4n) is 4.53. The normalized spacial score (nSPS) is 12.9. The number of aryl methyl sites for hydroxylation is 1. The van der Waals surface area contributed by atoms with E-state index in [1.807, 2.05) is 60.4 Å². The van der Waals surface area contributed by atoms with Gasteiger partial charge in [0.05, 0.1) is 6.42 Å². The number of hydrogen-bond donors (Lipinski definition) is 1. The van der Waals surface area contributed by atoms with Gasteiger partial charge in [-0.15, -0.1) is 0 Å². The van der Waals surface area contributed by atoms with E-state index in [9.17, 15) is 9.59 Å². The number of nitrogen functional groups attached to an aromatic ring is 1. The molecule has 1 aromatic heterocycles. The van der Waals surface area contributed by atoms with Crippen LogP contribution in [0.5, 0.6) is 0 Å². The van der Waals surface area contributed by atoms with Gasteiger partial charge in [-0.2, -0.15) is 0 Å². The van der Waals surface area contributed by atoms with E-state index in [2.05, 4.69) is 12.1 Å². The van der Waals surface area contributed by atoms with Gasteiger partial charge in [0.15, 0.2) is 0 Å². The molecule has 1 aliphatic heterocycles. The maximum absolute atomic E-state index is 13.0. The Morgan fingerprint density at radius 1 is 0.968 bits per heavy atom. The van der Waals surface area contributed by atoms with Crippen molar-refractivity contribution in [2.75, 3.05) is 17.3 Å². The number of pyridine rings is 1. The molecule has 2 N–H and O–H groups in total. The quantitative estimate of drug-likeness (QED) is 0.523. The van der Waals surface area contributed by atoms with Crippen molar-refractivity contribution in [2.24, 2.45) is 0 Å². The van der Waals surface area contributed by atoms with E-state index in [1.54, 1.807) is 12.3 Å². The van der Waals surface area contributed by atoms with Crippen LogP contribution in [-0.2, 0) is 17.6 Å². The average Bonchev–Trinajstić information content (AvgIpc) is 3.21. The second-order valence-corrected chi connectivity index (χ2v) is 8.05. The summed E-state index contributed by atoms with van der Waals surface area (Å²) < 4.78 is 1.14. The highest BCUT2D eigenvalue weighted by Crippen LogP contribution is 2.31. The van der Waals surface area contributed by atoms with Gasteiger partial charge in [0.25, 0.3) is 5.56 Å². The molecule has 0 radical (unpaired) electrons. The first kappa shape index (κ1) is 19.1. The van der Waals surface area contributed by atoms with Gasteiger partial charge in [0.1, 0.15) is 0 Å². The first-order valence-corrected chi connectivity index (χ1v) is 10.4. The number of anilines is 1. The molecule has 0 saturated heterocycles.